The molecule has 0 fully saturated rings. The predicted molar refractivity (Wildman–Crippen MR) is 71.5 cm³/mol. The van der Waals surface area contributed by atoms with Crippen molar-refractivity contribution >= 4 is 44.8 Å². The lowest BCUT2D eigenvalue weighted by Gasteiger charge is -2.12. The van der Waals surface area contributed by atoms with E-state index in [1.807, 2.05) is 23.6 Å². The standard InChI is InChI=1S/C13H8ClNO2S/c14-9-1-2-11-10(5-9)8(7-18-11)6-15-12(16)3-4-13(15)17/h1-5,7H,6H2. The summed E-state index contributed by atoms with van der Waals surface area (Å²) in [4.78, 5) is 24.2. The van der Waals surface area contributed by atoms with Gasteiger partial charge in [0.2, 0.25) is 0 Å². The average molecular weight is 278 g/mol. The van der Waals surface area contributed by atoms with E-state index in [2.05, 4.69) is 0 Å². The minimum absolute atomic E-state index is 0.263. The first-order valence-electron chi connectivity index (χ1n) is 5.34. The van der Waals surface area contributed by atoms with Crippen LogP contribution < -0.4 is 0 Å². The molecule has 0 atom stereocenters. The van der Waals surface area contributed by atoms with Crippen LogP contribution in [0.15, 0.2) is 35.7 Å². The minimum atomic E-state index is -0.263. The number of benzene rings is 1. The summed E-state index contributed by atoms with van der Waals surface area (Å²) in [5, 5.41) is 3.61. The molecule has 0 spiro atoms. The molecule has 1 aliphatic rings. The summed E-state index contributed by atoms with van der Waals surface area (Å²) in [7, 11) is 0. The fourth-order valence-corrected chi connectivity index (χ4v) is 3.04. The van der Waals surface area contributed by atoms with Gasteiger partial charge >= 0.3 is 0 Å². The molecule has 1 aromatic carbocycles. The molecule has 5 heteroatoms. The second kappa shape index (κ2) is 4.23. The summed E-state index contributed by atoms with van der Waals surface area (Å²) < 4.78 is 1.10. The van der Waals surface area contributed by atoms with E-state index in [4.69, 9.17) is 11.6 Å². The molecule has 0 unspecified atom stereocenters. The van der Waals surface area contributed by atoms with E-state index in [1.54, 1.807) is 11.3 Å². The van der Waals surface area contributed by atoms with E-state index >= 15 is 0 Å². The quantitative estimate of drug-likeness (QED) is 0.792. The monoisotopic (exact) mass is 277 g/mol. The van der Waals surface area contributed by atoms with Gasteiger partial charge in [-0.1, -0.05) is 11.6 Å². The Morgan fingerprint density at radius 3 is 2.61 bits per heavy atom. The SMILES string of the molecule is O=C1C=CC(=O)N1Cc1csc2ccc(Cl)cc12. The maximum absolute atomic E-state index is 11.5. The van der Waals surface area contributed by atoms with Crippen molar-refractivity contribution in [1.29, 1.82) is 0 Å². The molecular weight excluding hydrogens is 270 g/mol. The molecule has 18 heavy (non-hydrogen) atoms. The first-order valence-corrected chi connectivity index (χ1v) is 6.60. The lowest BCUT2D eigenvalue weighted by Crippen LogP contribution is -2.29. The van der Waals surface area contributed by atoms with Crippen molar-refractivity contribution in [2.75, 3.05) is 0 Å². The van der Waals surface area contributed by atoms with Crippen molar-refractivity contribution in [3.05, 3.63) is 46.3 Å². The number of thiophene rings is 1. The van der Waals surface area contributed by atoms with E-state index in [0.29, 0.717) is 11.6 Å². The van der Waals surface area contributed by atoms with Crippen LogP contribution in [0.2, 0.25) is 5.02 Å². The van der Waals surface area contributed by atoms with Crippen LogP contribution in [0, 0.1) is 0 Å². The molecule has 2 heterocycles. The smallest absolute Gasteiger partial charge is 0.253 e. The number of imide groups is 1. The largest absolute Gasteiger partial charge is 0.271 e. The highest BCUT2D eigenvalue weighted by molar-refractivity contribution is 7.17. The molecule has 90 valence electrons. The first kappa shape index (κ1) is 11.4. The van der Waals surface area contributed by atoms with E-state index < -0.39 is 0 Å². The number of rotatable bonds is 2. The molecule has 0 aliphatic carbocycles. The van der Waals surface area contributed by atoms with Crippen LogP contribution >= 0.6 is 22.9 Å². The first-order chi connectivity index (χ1) is 8.65. The van der Waals surface area contributed by atoms with Crippen LogP contribution in [0.4, 0.5) is 0 Å². The normalized spacial score (nSPS) is 15.1. The molecule has 2 amide bonds. The van der Waals surface area contributed by atoms with E-state index in [1.165, 1.54) is 17.1 Å². The number of carbonyl (C=O) groups is 2. The molecule has 2 aromatic rings. The molecule has 3 nitrogen and oxygen atoms in total. The van der Waals surface area contributed by atoms with Crippen molar-refractivity contribution in [2.24, 2.45) is 0 Å². The van der Waals surface area contributed by atoms with Crippen LogP contribution in [0.1, 0.15) is 5.56 Å². The number of halogens is 1. The number of nitrogens with zero attached hydrogens (tertiary/aromatic N) is 1. The molecule has 3 rings (SSSR count). The van der Waals surface area contributed by atoms with Crippen LogP contribution in [-0.2, 0) is 16.1 Å². The van der Waals surface area contributed by atoms with Crippen molar-refractivity contribution in [2.45, 2.75) is 6.54 Å². The molecule has 1 aliphatic heterocycles. The summed E-state index contributed by atoms with van der Waals surface area (Å²) in [5.74, 6) is -0.525. The number of hydrogen-bond acceptors (Lipinski definition) is 3. The van der Waals surface area contributed by atoms with Crippen molar-refractivity contribution in [3.8, 4) is 0 Å². The molecule has 0 radical (unpaired) electrons. The van der Waals surface area contributed by atoms with Gasteiger partial charge in [-0.05, 0) is 34.5 Å². The van der Waals surface area contributed by atoms with Gasteiger partial charge in [-0.25, -0.2) is 0 Å². The van der Waals surface area contributed by atoms with Crippen molar-refractivity contribution < 1.29 is 9.59 Å². The molecule has 1 aromatic heterocycles. The van der Waals surface area contributed by atoms with Gasteiger partial charge in [-0.3, -0.25) is 14.5 Å². The molecule has 0 saturated carbocycles. The van der Waals surface area contributed by atoms with Crippen LogP contribution in [0.5, 0.6) is 0 Å². The van der Waals surface area contributed by atoms with Gasteiger partial charge in [0.1, 0.15) is 0 Å². The van der Waals surface area contributed by atoms with Gasteiger partial charge in [-0.2, -0.15) is 0 Å². The lowest BCUT2D eigenvalue weighted by atomic mass is 10.1. The Bertz CT molecular complexity index is 671. The highest BCUT2D eigenvalue weighted by Crippen LogP contribution is 2.29. The fraction of sp³-hybridized carbons (Fsp3) is 0.0769. The molecule has 0 N–H and O–H groups in total. The molecular formula is C13H8ClNO2S. The Labute approximate surface area is 112 Å². The Hall–Kier alpha value is -1.65. The Morgan fingerprint density at radius 2 is 1.89 bits per heavy atom. The van der Waals surface area contributed by atoms with E-state index in [0.717, 1.165) is 15.6 Å². The third-order valence-electron chi connectivity index (χ3n) is 2.84. The maximum Gasteiger partial charge on any atom is 0.253 e. The zero-order valence-electron chi connectivity index (χ0n) is 9.22. The van der Waals surface area contributed by atoms with Gasteiger partial charge in [-0.15, -0.1) is 11.3 Å². The zero-order valence-corrected chi connectivity index (χ0v) is 10.8. The second-order valence-corrected chi connectivity index (χ2v) is 5.35. The Kier molecular flexibility index (Phi) is 2.69. The minimum Gasteiger partial charge on any atom is -0.271 e. The van der Waals surface area contributed by atoms with Gasteiger partial charge < -0.3 is 0 Å². The van der Waals surface area contributed by atoms with E-state index in [9.17, 15) is 9.59 Å². The second-order valence-electron chi connectivity index (χ2n) is 4.00. The van der Waals surface area contributed by atoms with Crippen molar-refractivity contribution in [3.63, 3.8) is 0 Å². The summed E-state index contributed by atoms with van der Waals surface area (Å²) in [6, 6.07) is 5.64. The maximum atomic E-state index is 11.5. The summed E-state index contributed by atoms with van der Waals surface area (Å²) in [5.41, 5.74) is 0.947. The third-order valence-corrected chi connectivity index (χ3v) is 4.09. The van der Waals surface area contributed by atoms with Crippen molar-refractivity contribution in [1.82, 2.24) is 4.90 Å². The highest BCUT2D eigenvalue weighted by atomic mass is 35.5. The zero-order chi connectivity index (χ0) is 12.7. The van der Waals surface area contributed by atoms with Crippen LogP contribution in [0.25, 0.3) is 10.1 Å². The van der Waals surface area contributed by atoms with Gasteiger partial charge in [0.25, 0.3) is 11.8 Å². The number of hydrogen-bond donors (Lipinski definition) is 0. The number of amides is 2. The molecule has 0 saturated heterocycles. The topological polar surface area (TPSA) is 37.4 Å². The Morgan fingerprint density at radius 1 is 1.17 bits per heavy atom. The highest BCUT2D eigenvalue weighted by Gasteiger charge is 2.24. The fourth-order valence-electron chi connectivity index (χ4n) is 1.93. The third kappa shape index (κ3) is 1.83. The van der Waals surface area contributed by atoms with Gasteiger partial charge in [0, 0.05) is 21.9 Å². The van der Waals surface area contributed by atoms with Crippen LogP contribution in [-0.4, -0.2) is 16.7 Å². The van der Waals surface area contributed by atoms with Gasteiger partial charge in [0.05, 0.1) is 6.54 Å². The molecule has 0 bridgehead atoms. The van der Waals surface area contributed by atoms with E-state index in [-0.39, 0.29) is 11.8 Å². The Balaban J connectivity index is 1.98. The number of carbonyl (C=O) groups excluding carboxylic acids is 2. The average Bonchev–Trinajstić information content (AvgIpc) is 2.88. The summed E-state index contributed by atoms with van der Waals surface area (Å²) in [6.07, 6.45) is 2.59. The number of fused-ring (bicyclic) bond motifs is 1. The van der Waals surface area contributed by atoms with Crippen LogP contribution in [0.3, 0.4) is 0 Å². The predicted octanol–water partition coefficient (Wildman–Crippen LogP) is 2.98. The summed E-state index contributed by atoms with van der Waals surface area (Å²) in [6.45, 7) is 0.297. The summed E-state index contributed by atoms with van der Waals surface area (Å²) >= 11 is 7.55. The van der Waals surface area contributed by atoms with Gasteiger partial charge in [0.15, 0.2) is 0 Å². The lowest BCUT2D eigenvalue weighted by molar-refractivity contribution is -0.137.